The largest absolute Gasteiger partial charge is 0.330 e. The SMILES string of the molecule is Cc1nc(-c2cccc(NC(=O)[C@@H]3CCC[C@@H]3CN)c2)cs1. The highest BCUT2D eigenvalue weighted by Crippen LogP contribution is 2.32. The Morgan fingerprint density at radius 1 is 1.45 bits per heavy atom. The molecule has 1 fully saturated rings. The fourth-order valence-electron chi connectivity index (χ4n) is 3.15. The first-order valence-corrected chi connectivity index (χ1v) is 8.59. The van der Waals surface area contributed by atoms with Gasteiger partial charge in [-0.3, -0.25) is 4.79 Å². The lowest BCUT2D eigenvalue weighted by atomic mass is 9.95. The normalized spacial score (nSPS) is 21.0. The maximum Gasteiger partial charge on any atom is 0.227 e. The van der Waals surface area contributed by atoms with E-state index in [1.54, 1.807) is 11.3 Å². The second kappa shape index (κ2) is 6.58. The highest BCUT2D eigenvalue weighted by Gasteiger charge is 2.31. The number of carbonyl (C=O) groups is 1. The fourth-order valence-corrected chi connectivity index (χ4v) is 3.77. The van der Waals surface area contributed by atoms with E-state index in [-0.39, 0.29) is 11.8 Å². The first-order valence-electron chi connectivity index (χ1n) is 7.71. The van der Waals surface area contributed by atoms with Gasteiger partial charge in [0.25, 0.3) is 0 Å². The Balaban J connectivity index is 1.74. The third-order valence-corrected chi connectivity index (χ3v) is 5.12. The average Bonchev–Trinajstić information content (AvgIpc) is 3.16. The Hall–Kier alpha value is -1.72. The minimum absolute atomic E-state index is 0.0511. The van der Waals surface area contributed by atoms with Gasteiger partial charge in [0, 0.05) is 22.5 Å². The molecule has 0 saturated heterocycles. The molecule has 1 aliphatic rings. The summed E-state index contributed by atoms with van der Waals surface area (Å²) in [6.07, 6.45) is 3.10. The number of aromatic nitrogens is 1. The number of hydrogen-bond donors (Lipinski definition) is 2. The van der Waals surface area contributed by atoms with E-state index >= 15 is 0 Å². The predicted molar refractivity (Wildman–Crippen MR) is 90.8 cm³/mol. The Labute approximate surface area is 134 Å². The number of rotatable bonds is 4. The number of carbonyl (C=O) groups excluding carboxylic acids is 1. The maximum atomic E-state index is 12.5. The standard InChI is InChI=1S/C17H21N3OS/c1-11-19-16(10-22-11)12-4-2-6-14(8-12)20-17(21)15-7-3-5-13(15)9-18/h2,4,6,8,10,13,15H,3,5,7,9,18H2,1H3,(H,20,21)/t13-,15-/m1/s1. The van der Waals surface area contributed by atoms with Gasteiger partial charge in [-0.05, 0) is 44.4 Å². The van der Waals surface area contributed by atoms with E-state index in [1.807, 2.05) is 36.6 Å². The second-order valence-corrected chi connectivity index (χ2v) is 6.92. The van der Waals surface area contributed by atoms with E-state index in [9.17, 15) is 4.79 Å². The molecule has 0 radical (unpaired) electrons. The fraction of sp³-hybridized carbons (Fsp3) is 0.412. The molecular formula is C17H21N3OS. The number of aryl methyl sites for hydroxylation is 1. The van der Waals surface area contributed by atoms with Gasteiger partial charge < -0.3 is 11.1 Å². The van der Waals surface area contributed by atoms with Gasteiger partial charge in [-0.15, -0.1) is 11.3 Å². The Morgan fingerprint density at radius 3 is 3.05 bits per heavy atom. The van der Waals surface area contributed by atoms with Crippen molar-refractivity contribution < 1.29 is 4.79 Å². The first-order chi connectivity index (χ1) is 10.7. The molecule has 3 rings (SSSR count). The molecule has 5 heteroatoms. The van der Waals surface area contributed by atoms with E-state index in [1.165, 1.54) is 0 Å². The molecule has 1 heterocycles. The number of hydrogen-bond acceptors (Lipinski definition) is 4. The van der Waals surface area contributed by atoms with Gasteiger partial charge >= 0.3 is 0 Å². The summed E-state index contributed by atoms with van der Waals surface area (Å²) in [7, 11) is 0. The third-order valence-electron chi connectivity index (χ3n) is 4.34. The third kappa shape index (κ3) is 3.20. The van der Waals surface area contributed by atoms with Crippen molar-refractivity contribution in [2.24, 2.45) is 17.6 Å². The van der Waals surface area contributed by atoms with Crippen LogP contribution in [0, 0.1) is 18.8 Å². The van der Waals surface area contributed by atoms with Crippen LogP contribution in [0.1, 0.15) is 24.3 Å². The zero-order chi connectivity index (χ0) is 15.5. The van der Waals surface area contributed by atoms with Crippen molar-refractivity contribution in [3.63, 3.8) is 0 Å². The van der Waals surface area contributed by atoms with Gasteiger partial charge in [0.1, 0.15) is 0 Å². The molecule has 0 spiro atoms. The van der Waals surface area contributed by atoms with Crippen molar-refractivity contribution >= 4 is 22.9 Å². The molecule has 1 aromatic carbocycles. The molecule has 4 nitrogen and oxygen atoms in total. The smallest absolute Gasteiger partial charge is 0.227 e. The number of anilines is 1. The summed E-state index contributed by atoms with van der Waals surface area (Å²) in [5.74, 6) is 0.471. The Kier molecular flexibility index (Phi) is 4.55. The van der Waals surface area contributed by atoms with Crippen LogP contribution in [0.25, 0.3) is 11.3 Å². The molecule has 1 aromatic heterocycles. The van der Waals surface area contributed by atoms with Gasteiger partial charge in [0.2, 0.25) is 5.91 Å². The lowest BCUT2D eigenvalue weighted by Crippen LogP contribution is -2.29. The first kappa shape index (κ1) is 15.2. The van der Waals surface area contributed by atoms with Crippen molar-refractivity contribution in [1.82, 2.24) is 4.98 Å². The van der Waals surface area contributed by atoms with Crippen LogP contribution >= 0.6 is 11.3 Å². The molecule has 2 aromatic rings. The molecule has 0 aliphatic heterocycles. The van der Waals surface area contributed by atoms with Gasteiger partial charge in [0.15, 0.2) is 0 Å². The summed E-state index contributed by atoms with van der Waals surface area (Å²) in [4.78, 5) is 16.9. The Morgan fingerprint density at radius 2 is 2.32 bits per heavy atom. The lowest BCUT2D eigenvalue weighted by molar-refractivity contribution is -0.120. The van der Waals surface area contributed by atoms with Gasteiger partial charge in [-0.1, -0.05) is 18.6 Å². The summed E-state index contributed by atoms with van der Waals surface area (Å²) < 4.78 is 0. The summed E-state index contributed by atoms with van der Waals surface area (Å²) >= 11 is 1.63. The van der Waals surface area contributed by atoms with Crippen LogP contribution in [0.2, 0.25) is 0 Å². The minimum Gasteiger partial charge on any atom is -0.330 e. The highest BCUT2D eigenvalue weighted by atomic mass is 32.1. The summed E-state index contributed by atoms with van der Waals surface area (Å²) in [6.45, 7) is 2.59. The summed E-state index contributed by atoms with van der Waals surface area (Å²) in [5.41, 5.74) is 8.59. The number of benzene rings is 1. The van der Waals surface area contributed by atoms with Crippen LogP contribution in [0.15, 0.2) is 29.6 Å². The molecule has 0 unspecified atom stereocenters. The van der Waals surface area contributed by atoms with Crippen LogP contribution in [0.5, 0.6) is 0 Å². The predicted octanol–water partition coefficient (Wildman–Crippen LogP) is 3.43. The molecule has 116 valence electrons. The van der Waals surface area contributed by atoms with Gasteiger partial charge in [-0.2, -0.15) is 0 Å². The van der Waals surface area contributed by atoms with E-state index < -0.39 is 0 Å². The lowest BCUT2D eigenvalue weighted by Gasteiger charge is -2.17. The molecule has 1 saturated carbocycles. The van der Waals surface area contributed by atoms with Gasteiger partial charge in [-0.25, -0.2) is 4.98 Å². The number of nitrogens with zero attached hydrogens (tertiary/aromatic N) is 1. The summed E-state index contributed by atoms with van der Waals surface area (Å²) in [5, 5.41) is 6.13. The molecule has 0 bridgehead atoms. The average molecular weight is 315 g/mol. The number of nitrogens with one attached hydrogen (secondary N) is 1. The zero-order valence-corrected chi connectivity index (χ0v) is 13.5. The van der Waals surface area contributed by atoms with E-state index in [0.717, 1.165) is 41.2 Å². The van der Waals surface area contributed by atoms with E-state index in [2.05, 4.69) is 10.3 Å². The topological polar surface area (TPSA) is 68.0 Å². The maximum absolute atomic E-state index is 12.5. The molecule has 1 aliphatic carbocycles. The van der Waals surface area contributed by atoms with E-state index in [4.69, 9.17) is 5.73 Å². The summed E-state index contributed by atoms with van der Waals surface area (Å²) in [6, 6.07) is 7.88. The second-order valence-electron chi connectivity index (χ2n) is 5.85. The molecular weight excluding hydrogens is 294 g/mol. The molecule has 2 atom stereocenters. The molecule has 1 amide bonds. The van der Waals surface area contributed by atoms with Crippen molar-refractivity contribution in [2.75, 3.05) is 11.9 Å². The van der Waals surface area contributed by atoms with Crippen molar-refractivity contribution in [3.05, 3.63) is 34.7 Å². The zero-order valence-electron chi connectivity index (χ0n) is 12.7. The van der Waals surface area contributed by atoms with Crippen molar-refractivity contribution in [3.8, 4) is 11.3 Å². The van der Waals surface area contributed by atoms with E-state index in [0.29, 0.717) is 12.5 Å². The number of thiazole rings is 1. The number of nitrogens with two attached hydrogens (primary N) is 1. The van der Waals surface area contributed by atoms with Crippen LogP contribution in [-0.2, 0) is 4.79 Å². The van der Waals surface area contributed by atoms with Crippen molar-refractivity contribution in [2.45, 2.75) is 26.2 Å². The van der Waals surface area contributed by atoms with Crippen molar-refractivity contribution in [1.29, 1.82) is 0 Å². The van der Waals surface area contributed by atoms with Crippen LogP contribution in [-0.4, -0.2) is 17.4 Å². The number of amides is 1. The monoisotopic (exact) mass is 315 g/mol. The Bertz CT molecular complexity index is 667. The minimum atomic E-state index is 0.0511. The van der Waals surface area contributed by atoms with Crippen LogP contribution in [0.3, 0.4) is 0 Å². The molecule has 22 heavy (non-hydrogen) atoms. The van der Waals surface area contributed by atoms with Crippen LogP contribution < -0.4 is 11.1 Å². The van der Waals surface area contributed by atoms with Gasteiger partial charge in [0.05, 0.1) is 10.7 Å². The van der Waals surface area contributed by atoms with Crippen LogP contribution in [0.4, 0.5) is 5.69 Å². The highest BCUT2D eigenvalue weighted by molar-refractivity contribution is 7.09. The quantitative estimate of drug-likeness (QED) is 0.908. The molecule has 3 N–H and O–H groups in total.